The van der Waals surface area contributed by atoms with E-state index < -0.39 is 0 Å². The minimum atomic E-state index is 0.0166. The Hall–Kier alpha value is -1.13. The minimum absolute atomic E-state index is 0.0166. The molecule has 1 heterocycles. The van der Waals surface area contributed by atoms with Crippen LogP contribution in [0.4, 0.5) is 0 Å². The lowest BCUT2D eigenvalue weighted by Gasteiger charge is -2.06. The van der Waals surface area contributed by atoms with Crippen LogP contribution in [0.15, 0.2) is 45.3 Å². The molecule has 0 aromatic heterocycles. The van der Waals surface area contributed by atoms with Crippen molar-refractivity contribution in [3.8, 4) is 5.75 Å². The van der Waals surface area contributed by atoms with Gasteiger partial charge in [-0.2, -0.15) is 0 Å². The highest BCUT2D eigenvalue weighted by atomic mass is 79.9. The number of carbonyl (C=O) groups excluding carboxylic acids is 1. The zero-order valence-corrected chi connectivity index (χ0v) is 13.1. The SMILES string of the molecule is O=C(c1ccc2c(c1)CCO2)c1cc(Br)ccc1Br. The van der Waals surface area contributed by atoms with Gasteiger partial charge in [0.2, 0.25) is 0 Å². The summed E-state index contributed by atoms with van der Waals surface area (Å²) in [6.07, 6.45) is 0.871. The average molecular weight is 382 g/mol. The quantitative estimate of drug-likeness (QED) is 0.721. The Kier molecular flexibility index (Phi) is 3.46. The summed E-state index contributed by atoms with van der Waals surface area (Å²) in [5.41, 5.74) is 2.47. The van der Waals surface area contributed by atoms with E-state index >= 15 is 0 Å². The van der Waals surface area contributed by atoms with Crippen LogP contribution in [0.5, 0.6) is 5.75 Å². The first kappa shape index (κ1) is 12.9. The number of carbonyl (C=O) groups is 1. The minimum Gasteiger partial charge on any atom is -0.493 e. The van der Waals surface area contributed by atoms with Crippen LogP contribution in [-0.2, 0) is 6.42 Å². The molecule has 4 heteroatoms. The predicted octanol–water partition coefficient (Wildman–Crippen LogP) is 4.38. The zero-order chi connectivity index (χ0) is 13.4. The molecule has 0 amide bonds. The van der Waals surface area contributed by atoms with Crippen molar-refractivity contribution in [3.05, 3.63) is 62.0 Å². The first-order valence-corrected chi connectivity index (χ1v) is 7.49. The van der Waals surface area contributed by atoms with E-state index in [4.69, 9.17) is 4.74 Å². The van der Waals surface area contributed by atoms with Crippen molar-refractivity contribution in [2.75, 3.05) is 6.61 Å². The molecule has 0 fully saturated rings. The van der Waals surface area contributed by atoms with Crippen LogP contribution in [-0.4, -0.2) is 12.4 Å². The third kappa shape index (κ3) is 2.47. The van der Waals surface area contributed by atoms with Crippen molar-refractivity contribution in [1.29, 1.82) is 0 Å². The van der Waals surface area contributed by atoms with E-state index in [1.807, 2.05) is 36.4 Å². The third-order valence-electron chi connectivity index (χ3n) is 3.12. The molecule has 2 nitrogen and oxygen atoms in total. The lowest BCUT2D eigenvalue weighted by Crippen LogP contribution is -2.03. The fourth-order valence-corrected chi connectivity index (χ4v) is 2.94. The van der Waals surface area contributed by atoms with Gasteiger partial charge in [0.15, 0.2) is 5.78 Å². The van der Waals surface area contributed by atoms with E-state index in [0.29, 0.717) is 17.7 Å². The molecule has 0 radical (unpaired) electrons. The van der Waals surface area contributed by atoms with E-state index in [1.54, 1.807) is 0 Å². The van der Waals surface area contributed by atoms with E-state index in [1.165, 1.54) is 0 Å². The van der Waals surface area contributed by atoms with Gasteiger partial charge in [0, 0.05) is 26.5 Å². The summed E-state index contributed by atoms with van der Waals surface area (Å²) in [5.74, 6) is 0.910. The van der Waals surface area contributed by atoms with Gasteiger partial charge < -0.3 is 4.74 Å². The smallest absolute Gasteiger partial charge is 0.194 e. The molecule has 1 aliphatic heterocycles. The maximum atomic E-state index is 12.5. The second-order valence-electron chi connectivity index (χ2n) is 4.37. The van der Waals surface area contributed by atoms with Crippen molar-refractivity contribution in [1.82, 2.24) is 0 Å². The van der Waals surface area contributed by atoms with E-state index in [2.05, 4.69) is 31.9 Å². The fraction of sp³-hybridized carbons (Fsp3) is 0.133. The van der Waals surface area contributed by atoms with Gasteiger partial charge in [-0.25, -0.2) is 0 Å². The molecule has 0 aliphatic carbocycles. The van der Waals surface area contributed by atoms with Crippen molar-refractivity contribution in [3.63, 3.8) is 0 Å². The van der Waals surface area contributed by atoms with Crippen LogP contribution in [0, 0.1) is 0 Å². The lowest BCUT2D eigenvalue weighted by atomic mass is 10.0. The highest BCUT2D eigenvalue weighted by Gasteiger charge is 2.17. The number of benzene rings is 2. The molecular weight excluding hydrogens is 372 g/mol. The van der Waals surface area contributed by atoms with Gasteiger partial charge in [0.1, 0.15) is 5.75 Å². The molecule has 0 unspecified atom stereocenters. The first-order valence-electron chi connectivity index (χ1n) is 5.90. The Bertz CT molecular complexity index is 665. The van der Waals surface area contributed by atoms with Gasteiger partial charge >= 0.3 is 0 Å². The largest absolute Gasteiger partial charge is 0.493 e. The number of fused-ring (bicyclic) bond motifs is 1. The maximum Gasteiger partial charge on any atom is 0.194 e. The normalized spacial score (nSPS) is 12.9. The van der Waals surface area contributed by atoms with Crippen LogP contribution in [0.1, 0.15) is 21.5 Å². The Balaban J connectivity index is 2.02. The van der Waals surface area contributed by atoms with Gasteiger partial charge in [-0.1, -0.05) is 31.9 Å². The van der Waals surface area contributed by atoms with Crippen LogP contribution in [0.25, 0.3) is 0 Å². The predicted molar refractivity (Wildman–Crippen MR) is 80.9 cm³/mol. The summed E-state index contributed by atoms with van der Waals surface area (Å²) in [4.78, 5) is 12.5. The molecular formula is C15H10Br2O2. The van der Waals surface area contributed by atoms with Gasteiger partial charge in [0.25, 0.3) is 0 Å². The molecule has 2 aromatic rings. The molecule has 19 heavy (non-hydrogen) atoms. The number of ether oxygens (including phenoxy) is 1. The second-order valence-corrected chi connectivity index (χ2v) is 6.14. The maximum absolute atomic E-state index is 12.5. The zero-order valence-electron chi connectivity index (χ0n) is 9.95. The van der Waals surface area contributed by atoms with Crippen molar-refractivity contribution < 1.29 is 9.53 Å². The number of ketones is 1. The van der Waals surface area contributed by atoms with Gasteiger partial charge in [0.05, 0.1) is 6.61 Å². The molecule has 1 aliphatic rings. The Labute approximate surface area is 128 Å². The number of hydrogen-bond acceptors (Lipinski definition) is 2. The van der Waals surface area contributed by atoms with E-state index in [9.17, 15) is 4.79 Å². The highest BCUT2D eigenvalue weighted by Crippen LogP contribution is 2.29. The molecule has 0 saturated carbocycles. The lowest BCUT2D eigenvalue weighted by molar-refractivity contribution is 0.103. The molecule has 96 valence electrons. The van der Waals surface area contributed by atoms with Crippen molar-refractivity contribution >= 4 is 37.6 Å². The number of rotatable bonds is 2. The summed E-state index contributed by atoms with van der Waals surface area (Å²) < 4.78 is 7.15. The van der Waals surface area contributed by atoms with Gasteiger partial charge in [-0.3, -0.25) is 4.79 Å². The highest BCUT2D eigenvalue weighted by molar-refractivity contribution is 9.11. The van der Waals surface area contributed by atoms with Crippen LogP contribution in [0.2, 0.25) is 0 Å². The van der Waals surface area contributed by atoms with Crippen molar-refractivity contribution in [2.24, 2.45) is 0 Å². The molecule has 0 saturated heterocycles. The summed E-state index contributed by atoms with van der Waals surface area (Å²) >= 11 is 6.82. The molecule has 0 N–H and O–H groups in total. The van der Waals surface area contributed by atoms with Crippen molar-refractivity contribution in [2.45, 2.75) is 6.42 Å². The summed E-state index contributed by atoms with van der Waals surface area (Å²) in [5, 5.41) is 0. The monoisotopic (exact) mass is 380 g/mol. The van der Waals surface area contributed by atoms with E-state index in [0.717, 1.165) is 26.7 Å². The van der Waals surface area contributed by atoms with Crippen LogP contribution < -0.4 is 4.74 Å². The topological polar surface area (TPSA) is 26.3 Å². The van der Waals surface area contributed by atoms with E-state index in [-0.39, 0.29) is 5.78 Å². The molecule has 0 spiro atoms. The van der Waals surface area contributed by atoms with Crippen LogP contribution >= 0.6 is 31.9 Å². The second kappa shape index (κ2) is 5.10. The fourth-order valence-electron chi connectivity index (χ4n) is 2.15. The summed E-state index contributed by atoms with van der Waals surface area (Å²) in [6, 6.07) is 11.2. The standard InChI is InChI=1S/C15H10Br2O2/c16-11-2-3-13(17)12(8-11)15(18)10-1-4-14-9(7-10)5-6-19-14/h1-4,7-8H,5-6H2. The number of halogens is 2. The number of hydrogen-bond donors (Lipinski definition) is 0. The average Bonchev–Trinajstić information content (AvgIpc) is 2.88. The molecule has 3 rings (SSSR count). The first-order chi connectivity index (χ1) is 9.15. The Morgan fingerprint density at radius 2 is 1.95 bits per heavy atom. The van der Waals surface area contributed by atoms with Gasteiger partial charge in [-0.15, -0.1) is 0 Å². The summed E-state index contributed by atoms with van der Waals surface area (Å²) in [6.45, 7) is 0.702. The Morgan fingerprint density at radius 3 is 2.79 bits per heavy atom. The molecule has 0 atom stereocenters. The molecule has 2 aromatic carbocycles. The molecule has 0 bridgehead atoms. The van der Waals surface area contributed by atoms with Crippen LogP contribution in [0.3, 0.4) is 0 Å². The third-order valence-corrected chi connectivity index (χ3v) is 4.31. The summed E-state index contributed by atoms with van der Waals surface area (Å²) in [7, 11) is 0. The Morgan fingerprint density at radius 1 is 1.11 bits per heavy atom. The van der Waals surface area contributed by atoms with Gasteiger partial charge in [-0.05, 0) is 42.0 Å².